The van der Waals surface area contributed by atoms with Crippen LogP contribution in [0.4, 0.5) is 0 Å². The summed E-state index contributed by atoms with van der Waals surface area (Å²) >= 11 is 0. The van der Waals surface area contributed by atoms with Crippen molar-refractivity contribution in [1.82, 2.24) is 0 Å². The van der Waals surface area contributed by atoms with Crippen LogP contribution in [0.5, 0.6) is 0 Å². The molecule has 0 heterocycles. The van der Waals surface area contributed by atoms with E-state index in [1.165, 1.54) is 0 Å². The summed E-state index contributed by atoms with van der Waals surface area (Å²) < 4.78 is 24.5. The summed E-state index contributed by atoms with van der Waals surface area (Å²) in [5.74, 6) is 0.406. The predicted octanol–water partition coefficient (Wildman–Crippen LogP) is 6.42. The van der Waals surface area contributed by atoms with Crippen molar-refractivity contribution in [2.45, 2.75) is 117 Å². The van der Waals surface area contributed by atoms with E-state index in [0.717, 1.165) is 19.3 Å². The number of rotatable bonds is 10. The van der Waals surface area contributed by atoms with Gasteiger partial charge in [0.1, 0.15) is 19.0 Å². The lowest BCUT2D eigenvalue weighted by atomic mass is 9.41. The molecule has 0 spiro atoms. The average Bonchev–Trinajstić information content (AvgIpc) is 2.78. The van der Waals surface area contributed by atoms with Gasteiger partial charge < -0.3 is 18.6 Å². The molecule has 214 valence electrons. The first-order chi connectivity index (χ1) is 17.2. The van der Waals surface area contributed by atoms with Crippen molar-refractivity contribution < 1.29 is 28.2 Å². The Kier molecular flexibility index (Phi) is 9.60. The molecule has 0 radical (unpaired) electrons. The van der Waals surface area contributed by atoms with Crippen LogP contribution in [0.3, 0.4) is 0 Å². The number of carbonyl (C=O) groups excluding carboxylic acids is 2. The third-order valence-electron chi connectivity index (χ3n) is 10.8. The molecule has 3 aliphatic carbocycles. The van der Waals surface area contributed by atoms with Gasteiger partial charge in [-0.2, -0.15) is 0 Å². The van der Waals surface area contributed by atoms with Gasteiger partial charge in [-0.05, 0) is 53.6 Å². The summed E-state index contributed by atoms with van der Waals surface area (Å²) in [6, 6.07) is 0. The maximum atomic E-state index is 14.6. The molecule has 3 rings (SSSR count). The molecule has 3 saturated carbocycles. The largest absolute Gasteiger partial charge is 0.415 e. The topological polar surface area (TPSA) is 71.1 Å². The number of Topliss-reactive ketones (excluding diaryl/α,β-unsaturated/α-hetero) is 2. The Morgan fingerprint density at radius 1 is 0.973 bits per heavy atom. The molecule has 7 heteroatoms. The van der Waals surface area contributed by atoms with Gasteiger partial charge in [-0.1, -0.05) is 62.3 Å². The van der Waals surface area contributed by atoms with Crippen molar-refractivity contribution in [1.29, 1.82) is 0 Å². The Morgan fingerprint density at radius 2 is 1.57 bits per heavy atom. The minimum absolute atomic E-state index is 0.0496. The standard InChI is InChI=1S/C30H54O6Si/c1-18(2)37(19(3)4,20(5)6)36-16-30-13-12-23-21(7)14-24(31)28(34-11)29(23,9)27(30)25(32)26(22(8)15-30)35-17-33-10/h18-23,26-28H,12-17H2,1-11H3/t21-,22-,23+,26-,27-,28-,29+,30+/m1/s1. The summed E-state index contributed by atoms with van der Waals surface area (Å²) in [6.45, 7) is 21.0. The third kappa shape index (κ3) is 4.94. The highest BCUT2D eigenvalue weighted by molar-refractivity contribution is 6.77. The maximum Gasteiger partial charge on any atom is 0.200 e. The Morgan fingerprint density at radius 3 is 2.08 bits per heavy atom. The van der Waals surface area contributed by atoms with Crippen molar-refractivity contribution in [3.05, 3.63) is 0 Å². The zero-order valence-corrected chi connectivity index (χ0v) is 26.4. The van der Waals surface area contributed by atoms with Crippen LogP contribution in [0.1, 0.15) is 88.0 Å². The first-order valence-electron chi connectivity index (χ1n) is 14.6. The van der Waals surface area contributed by atoms with Crippen molar-refractivity contribution in [2.75, 3.05) is 27.6 Å². The van der Waals surface area contributed by atoms with Crippen molar-refractivity contribution in [3.63, 3.8) is 0 Å². The molecule has 0 amide bonds. The van der Waals surface area contributed by atoms with Crippen LogP contribution in [-0.2, 0) is 28.2 Å². The van der Waals surface area contributed by atoms with Crippen LogP contribution in [-0.4, -0.2) is 59.7 Å². The molecule has 0 aromatic heterocycles. The first-order valence-corrected chi connectivity index (χ1v) is 16.7. The van der Waals surface area contributed by atoms with Gasteiger partial charge in [-0.25, -0.2) is 0 Å². The van der Waals surface area contributed by atoms with Gasteiger partial charge in [0.25, 0.3) is 0 Å². The summed E-state index contributed by atoms with van der Waals surface area (Å²) in [5, 5.41) is 0. The second-order valence-corrected chi connectivity index (χ2v) is 19.2. The monoisotopic (exact) mass is 538 g/mol. The second kappa shape index (κ2) is 11.5. The smallest absolute Gasteiger partial charge is 0.200 e. The normalized spacial score (nSPS) is 38.9. The molecule has 8 atom stereocenters. The van der Waals surface area contributed by atoms with Gasteiger partial charge in [0.2, 0.25) is 0 Å². The molecule has 0 aromatic rings. The summed E-state index contributed by atoms with van der Waals surface area (Å²) in [7, 11) is 1.07. The number of ether oxygens (including phenoxy) is 3. The van der Waals surface area contributed by atoms with Crippen molar-refractivity contribution in [3.8, 4) is 0 Å². The van der Waals surface area contributed by atoms with E-state index in [1.54, 1.807) is 14.2 Å². The molecule has 0 N–H and O–H groups in total. The number of hydrogen-bond donors (Lipinski definition) is 0. The maximum absolute atomic E-state index is 14.6. The van der Waals surface area contributed by atoms with Gasteiger partial charge in [0.15, 0.2) is 19.9 Å². The fourth-order valence-electron chi connectivity index (χ4n) is 9.71. The summed E-state index contributed by atoms with van der Waals surface area (Å²) in [5.41, 5.74) is 0.472. The fourth-order valence-corrected chi connectivity index (χ4v) is 15.2. The van der Waals surface area contributed by atoms with Crippen molar-refractivity contribution >= 4 is 19.9 Å². The summed E-state index contributed by atoms with van der Waals surface area (Å²) in [4.78, 5) is 27.9. The highest BCUT2D eigenvalue weighted by Gasteiger charge is 2.68. The fraction of sp³-hybridized carbons (Fsp3) is 0.933. The number of hydrogen-bond acceptors (Lipinski definition) is 6. The molecule has 37 heavy (non-hydrogen) atoms. The van der Waals surface area contributed by atoms with E-state index in [2.05, 4.69) is 62.3 Å². The SMILES string of the molecule is COCO[C@H]1C(=O)[C@H]2[C@@](CO[Si](C(C)C)(C(C)C)C(C)C)(CC[C@H]3[C@H](C)CC(=O)[C@@H](OC)[C@@]32C)C[C@H]1C. The average molecular weight is 539 g/mol. The number of fused-ring (bicyclic) bond motifs is 3. The lowest BCUT2D eigenvalue weighted by molar-refractivity contribution is -0.217. The number of ketones is 2. The second-order valence-electron chi connectivity index (χ2n) is 13.8. The number of methoxy groups -OCH3 is 2. The quantitative estimate of drug-likeness (QED) is 0.236. The van der Waals surface area contributed by atoms with Crippen LogP contribution < -0.4 is 0 Å². The van der Waals surface area contributed by atoms with E-state index >= 15 is 0 Å². The lowest BCUT2D eigenvalue weighted by Crippen LogP contribution is -2.69. The minimum atomic E-state index is -2.16. The molecule has 3 aliphatic rings. The predicted molar refractivity (Wildman–Crippen MR) is 149 cm³/mol. The van der Waals surface area contributed by atoms with E-state index in [4.69, 9.17) is 18.6 Å². The van der Waals surface area contributed by atoms with E-state index in [1.807, 2.05) is 0 Å². The van der Waals surface area contributed by atoms with Gasteiger partial charge in [0, 0.05) is 44.0 Å². The molecular weight excluding hydrogens is 484 g/mol. The Labute approximate surface area is 227 Å². The number of carbonyl (C=O) groups is 2. The Hall–Kier alpha value is -0.603. The van der Waals surface area contributed by atoms with Crippen LogP contribution in [0.2, 0.25) is 16.6 Å². The van der Waals surface area contributed by atoms with Crippen LogP contribution in [0, 0.1) is 34.5 Å². The summed E-state index contributed by atoms with van der Waals surface area (Å²) in [6.07, 6.45) is 2.18. The van der Waals surface area contributed by atoms with E-state index < -0.39 is 25.9 Å². The van der Waals surface area contributed by atoms with E-state index in [-0.39, 0.29) is 47.4 Å². The molecule has 0 unspecified atom stereocenters. The zero-order valence-electron chi connectivity index (χ0n) is 25.4. The molecule has 0 bridgehead atoms. The van der Waals surface area contributed by atoms with Crippen LogP contribution in [0.25, 0.3) is 0 Å². The Bertz CT molecular complexity index is 805. The zero-order chi connectivity index (χ0) is 27.9. The van der Waals surface area contributed by atoms with Gasteiger partial charge >= 0.3 is 0 Å². The lowest BCUT2D eigenvalue weighted by Gasteiger charge is -2.64. The molecule has 0 aromatic carbocycles. The molecule has 0 saturated heterocycles. The van der Waals surface area contributed by atoms with E-state index in [0.29, 0.717) is 29.7 Å². The van der Waals surface area contributed by atoms with Crippen LogP contribution in [0.15, 0.2) is 0 Å². The molecule has 6 nitrogen and oxygen atoms in total. The first kappa shape index (κ1) is 30.9. The Balaban J connectivity index is 2.14. The highest BCUT2D eigenvalue weighted by atomic mass is 28.4. The van der Waals surface area contributed by atoms with E-state index in [9.17, 15) is 9.59 Å². The minimum Gasteiger partial charge on any atom is -0.415 e. The highest BCUT2D eigenvalue weighted by Crippen LogP contribution is 2.65. The third-order valence-corrected chi connectivity index (χ3v) is 16.8. The van der Waals surface area contributed by atoms with Crippen molar-refractivity contribution in [2.24, 2.45) is 34.5 Å². The van der Waals surface area contributed by atoms with Gasteiger partial charge in [-0.3, -0.25) is 9.59 Å². The van der Waals surface area contributed by atoms with Gasteiger partial charge in [-0.15, -0.1) is 0 Å². The van der Waals surface area contributed by atoms with Gasteiger partial charge in [0.05, 0.1) is 0 Å². The molecular formula is C30H54O6Si. The van der Waals surface area contributed by atoms with Crippen LogP contribution >= 0.6 is 0 Å². The molecule has 3 fully saturated rings. The molecule has 0 aliphatic heterocycles.